The summed E-state index contributed by atoms with van der Waals surface area (Å²) in [6.07, 6.45) is 0. The molecule has 0 aliphatic heterocycles. The number of methoxy groups -OCH3 is 1. The Hall–Kier alpha value is 0.480. The molecule has 0 spiro atoms. The molecule has 1 rings (SSSR count). The van der Waals surface area contributed by atoms with Crippen LogP contribution in [0.5, 0.6) is 11.5 Å². The number of hydrogen-bond acceptors (Lipinski definition) is 4. The molecular weight excluding hydrogens is 541 g/mol. The highest BCUT2D eigenvalue weighted by atomic mass is 127. The number of carbonyl (C=O) groups is 1. The van der Waals surface area contributed by atoms with E-state index in [1.54, 1.807) is 0 Å². The van der Waals surface area contributed by atoms with E-state index < -0.39 is 11.7 Å². The summed E-state index contributed by atoms with van der Waals surface area (Å²) >= 11 is 5.82. The van der Waals surface area contributed by atoms with Crippen molar-refractivity contribution < 1.29 is 19.7 Å². The van der Waals surface area contributed by atoms with Gasteiger partial charge in [0.2, 0.25) is 0 Å². The van der Waals surface area contributed by atoms with Gasteiger partial charge in [0.25, 0.3) is 0 Å². The first-order chi connectivity index (χ1) is 6.91. The molecule has 2 N–H and O–H groups in total. The van der Waals surface area contributed by atoms with Gasteiger partial charge in [-0.2, -0.15) is 0 Å². The van der Waals surface area contributed by atoms with E-state index in [4.69, 9.17) is 0 Å². The predicted octanol–water partition coefficient (Wildman–Crippen LogP) is 2.70. The standard InChI is InChI=1S/C8H5I3O4/c1-15-8(14)2-3(9)4(10)5(11)7(13)6(2)12/h12-13H,1H3. The molecule has 0 bridgehead atoms. The predicted molar refractivity (Wildman–Crippen MR) is 79.3 cm³/mol. The molecule has 0 radical (unpaired) electrons. The molecule has 1 aromatic carbocycles. The molecule has 15 heavy (non-hydrogen) atoms. The highest BCUT2D eigenvalue weighted by molar-refractivity contribution is 14.1. The third kappa shape index (κ3) is 2.43. The topological polar surface area (TPSA) is 66.8 Å². The second-order valence-corrected chi connectivity index (χ2v) is 5.74. The Balaban J connectivity index is 3.60. The molecule has 0 amide bonds. The number of esters is 1. The number of halogens is 3. The normalized spacial score (nSPS) is 10.1. The number of ether oxygens (including phenoxy) is 1. The Morgan fingerprint density at radius 1 is 1.07 bits per heavy atom. The lowest BCUT2D eigenvalue weighted by Gasteiger charge is -2.11. The van der Waals surface area contributed by atoms with E-state index in [2.05, 4.69) is 4.74 Å². The minimum absolute atomic E-state index is 0.000385. The van der Waals surface area contributed by atoms with Gasteiger partial charge < -0.3 is 14.9 Å². The van der Waals surface area contributed by atoms with Gasteiger partial charge in [0.1, 0.15) is 5.56 Å². The minimum atomic E-state index is -0.665. The smallest absolute Gasteiger partial charge is 0.342 e. The maximum atomic E-state index is 11.4. The number of benzene rings is 1. The summed E-state index contributed by atoms with van der Waals surface area (Å²) in [6.45, 7) is 0. The van der Waals surface area contributed by atoms with Crippen LogP contribution < -0.4 is 0 Å². The summed E-state index contributed by atoms with van der Waals surface area (Å²) in [5.74, 6) is -1.39. The fourth-order valence-electron chi connectivity index (χ4n) is 0.925. The Kier molecular flexibility index (Phi) is 4.70. The van der Waals surface area contributed by atoms with Crippen LogP contribution in [0.15, 0.2) is 0 Å². The van der Waals surface area contributed by atoms with Crippen molar-refractivity contribution in [3.05, 3.63) is 16.3 Å². The summed E-state index contributed by atoms with van der Waals surface area (Å²) in [6, 6.07) is 0. The Morgan fingerprint density at radius 3 is 2.07 bits per heavy atom. The molecule has 0 aliphatic carbocycles. The second-order valence-electron chi connectivity index (χ2n) is 2.51. The molecule has 82 valence electrons. The van der Waals surface area contributed by atoms with Crippen LogP contribution in [0.3, 0.4) is 0 Å². The van der Waals surface area contributed by atoms with E-state index in [-0.39, 0.29) is 11.3 Å². The molecule has 0 unspecified atom stereocenters. The maximum absolute atomic E-state index is 11.4. The lowest BCUT2D eigenvalue weighted by molar-refractivity contribution is 0.0595. The van der Waals surface area contributed by atoms with Crippen LogP contribution in [0, 0.1) is 10.7 Å². The largest absolute Gasteiger partial charge is 0.504 e. The third-order valence-electron chi connectivity index (χ3n) is 1.66. The van der Waals surface area contributed by atoms with Gasteiger partial charge in [0.05, 0.1) is 10.7 Å². The van der Waals surface area contributed by atoms with Crippen molar-refractivity contribution in [1.82, 2.24) is 0 Å². The zero-order chi connectivity index (χ0) is 11.7. The Labute approximate surface area is 127 Å². The van der Waals surface area contributed by atoms with Crippen LogP contribution in [0.2, 0.25) is 0 Å². The van der Waals surface area contributed by atoms with E-state index in [1.165, 1.54) is 7.11 Å². The highest BCUT2D eigenvalue weighted by Gasteiger charge is 2.24. The van der Waals surface area contributed by atoms with E-state index in [0.717, 1.165) is 0 Å². The van der Waals surface area contributed by atoms with Crippen molar-refractivity contribution >= 4 is 73.7 Å². The van der Waals surface area contributed by atoms with E-state index >= 15 is 0 Å². The van der Waals surface area contributed by atoms with E-state index in [1.807, 2.05) is 67.8 Å². The molecular formula is C8H5I3O4. The van der Waals surface area contributed by atoms with Crippen molar-refractivity contribution in [2.24, 2.45) is 0 Å². The zero-order valence-electron chi connectivity index (χ0n) is 7.34. The van der Waals surface area contributed by atoms with Crippen LogP contribution in [0.4, 0.5) is 0 Å². The van der Waals surface area contributed by atoms with Crippen molar-refractivity contribution in [3.63, 3.8) is 0 Å². The summed E-state index contributed by atoms with van der Waals surface area (Å²) in [5, 5.41) is 19.2. The lowest BCUT2D eigenvalue weighted by atomic mass is 10.2. The molecule has 0 saturated carbocycles. The van der Waals surface area contributed by atoms with Crippen LogP contribution in [0.25, 0.3) is 0 Å². The molecule has 7 heteroatoms. The monoisotopic (exact) mass is 546 g/mol. The van der Waals surface area contributed by atoms with Crippen LogP contribution in [-0.4, -0.2) is 23.3 Å². The van der Waals surface area contributed by atoms with E-state index in [9.17, 15) is 15.0 Å². The second kappa shape index (κ2) is 5.21. The Bertz CT molecular complexity index is 401. The van der Waals surface area contributed by atoms with Gasteiger partial charge in [-0.05, 0) is 67.8 Å². The molecule has 0 aliphatic rings. The fraction of sp³-hybridized carbons (Fsp3) is 0.125. The first-order valence-corrected chi connectivity index (χ1v) is 6.82. The quantitative estimate of drug-likeness (QED) is 0.247. The molecule has 4 nitrogen and oxygen atoms in total. The number of rotatable bonds is 1. The molecule has 0 heterocycles. The summed E-state index contributed by atoms with van der Waals surface area (Å²) in [4.78, 5) is 11.4. The average Bonchev–Trinajstić information content (AvgIpc) is 2.23. The molecule has 1 aromatic rings. The van der Waals surface area contributed by atoms with Gasteiger partial charge >= 0.3 is 5.97 Å². The van der Waals surface area contributed by atoms with Gasteiger partial charge in [-0.15, -0.1) is 0 Å². The minimum Gasteiger partial charge on any atom is -0.504 e. The van der Waals surface area contributed by atoms with Crippen LogP contribution in [-0.2, 0) is 4.74 Å². The zero-order valence-corrected chi connectivity index (χ0v) is 13.8. The van der Waals surface area contributed by atoms with Gasteiger partial charge in [-0.25, -0.2) is 4.79 Å². The first kappa shape index (κ1) is 13.5. The summed E-state index contributed by atoms with van der Waals surface area (Å²) < 4.78 is 6.33. The molecule has 0 atom stereocenters. The van der Waals surface area contributed by atoms with Crippen LogP contribution in [0.1, 0.15) is 10.4 Å². The van der Waals surface area contributed by atoms with Gasteiger partial charge in [-0.3, -0.25) is 0 Å². The Morgan fingerprint density at radius 2 is 1.60 bits per heavy atom. The van der Waals surface area contributed by atoms with Crippen LogP contribution >= 0.6 is 67.8 Å². The van der Waals surface area contributed by atoms with Gasteiger partial charge in [-0.1, -0.05) is 0 Å². The fourth-order valence-corrected chi connectivity index (χ4v) is 3.24. The summed E-state index contributed by atoms with van der Waals surface area (Å²) in [5.41, 5.74) is 0.000385. The van der Waals surface area contributed by atoms with Gasteiger partial charge in [0.15, 0.2) is 11.5 Å². The average molecular weight is 546 g/mol. The molecule has 0 saturated heterocycles. The maximum Gasteiger partial charge on any atom is 0.342 e. The number of hydrogen-bond donors (Lipinski definition) is 2. The lowest BCUT2D eigenvalue weighted by Crippen LogP contribution is -2.07. The number of phenolic OH excluding ortho intramolecular Hbond substituents is 2. The van der Waals surface area contributed by atoms with Crippen molar-refractivity contribution in [2.75, 3.05) is 7.11 Å². The van der Waals surface area contributed by atoms with Crippen molar-refractivity contribution in [3.8, 4) is 11.5 Å². The summed E-state index contributed by atoms with van der Waals surface area (Å²) in [7, 11) is 1.22. The highest BCUT2D eigenvalue weighted by Crippen LogP contribution is 2.40. The molecule has 0 fully saturated rings. The number of aromatic hydroxyl groups is 2. The number of carbonyl (C=O) groups excluding carboxylic acids is 1. The SMILES string of the molecule is COC(=O)c1c(O)c(O)c(I)c(I)c1I. The van der Waals surface area contributed by atoms with Crippen molar-refractivity contribution in [2.45, 2.75) is 0 Å². The van der Waals surface area contributed by atoms with E-state index in [0.29, 0.717) is 10.7 Å². The first-order valence-electron chi connectivity index (χ1n) is 3.58. The number of phenols is 2. The van der Waals surface area contributed by atoms with Gasteiger partial charge in [0, 0.05) is 7.14 Å². The molecule has 0 aromatic heterocycles. The third-order valence-corrected chi connectivity index (χ3v) is 6.94. The van der Waals surface area contributed by atoms with Crippen molar-refractivity contribution in [1.29, 1.82) is 0 Å².